The number of nitrogens with one attached hydrogen (secondary N) is 2. The molecule has 0 aliphatic rings. The van der Waals surface area contributed by atoms with Crippen LogP contribution < -0.4 is 14.8 Å². The fourth-order valence-corrected chi connectivity index (χ4v) is 3.02. The number of para-hydroxylation sites is 1. The highest BCUT2D eigenvalue weighted by Gasteiger charge is 2.14. The zero-order valence-corrected chi connectivity index (χ0v) is 14.3. The van der Waals surface area contributed by atoms with Crippen molar-refractivity contribution in [2.75, 3.05) is 19.5 Å². The smallest absolute Gasteiger partial charge is 0.162 e. The maximum Gasteiger partial charge on any atom is 0.162 e. The lowest BCUT2D eigenvalue weighted by molar-refractivity contribution is 0.355. The molecule has 126 valence electrons. The molecule has 0 fully saturated rings. The third-order valence-corrected chi connectivity index (χ3v) is 4.22. The summed E-state index contributed by atoms with van der Waals surface area (Å²) in [6.07, 6.45) is 0. The number of hydrogen-bond acceptors (Lipinski definition) is 5. The Morgan fingerprint density at radius 2 is 1.80 bits per heavy atom. The predicted molar refractivity (Wildman–Crippen MR) is 99.0 cm³/mol. The lowest BCUT2D eigenvalue weighted by atomic mass is 10.1. The van der Waals surface area contributed by atoms with Gasteiger partial charge in [0.05, 0.1) is 19.7 Å². The number of aromatic nitrogens is 3. The third-order valence-electron chi connectivity index (χ3n) is 4.22. The third kappa shape index (κ3) is 2.52. The van der Waals surface area contributed by atoms with Crippen molar-refractivity contribution in [1.82, 2.24) is 15.2 Å². The van der Waals surface area contributed by atoms with Gasteiger partial charge in [-0.3, -0.25) is 5.10 Å². The molecule has 0 bridgehead atoms. The first-order valence-corrected chi connectivity index (χ1v) is 7.93. The van der Waals surface area contributed by atoms with Crippen molar-refractivity contribution >= 4 is 33.3 Å². The standard InChI is InChI=1S/C19H18N4O2/c1-11-17-13-6-4-5-7-14(13)21-19(18(17)23-22-11)20-12-8-9-15(24-2)16(10-12)25-3/h4-10H,1-3H3,(H,20,21)(H,22,23). The number of H-pyrrole nitrogens is 1. The molecule has 0 radical (unpaired) electrons. The molecule has 0 atom stereocenters. The lowest BCUT2D eigenvalue weighted by Crippen LogP contribution is -1.97. The Labute approximate surface area is 144 Å². The Morgan fingerprint density at radius 3 is 2.60 bits per heavy atom. The highest BCUT2D eigenvalue weighted by molar-refractivity contribution is 6.10. The molecule has 4 aromatic rings. The van der Waals surface area contributed by atoms with Crippen LogP contribution in [0.4, 0.5) is 11.5 Å². The molecule has 2 aromatic carbocycles. The molecule has 0 saturated carbocycles. The summed E-state index contributed by atoms with van der Waals surface area (Å²) in [6.45, 7) is 2.02. The SMILES string of the molecule is COc1ccc(Nc2nc3ccccc3c3c(C)[nH]nc23)cc1OC. The summed E-state index contributed by atoms with van der Waals surface area (Å²) in [5.74, 6) is 2.04. The van der Waals surface area contributed by atoms with Crippen LogP contribution in [0.25, 0.3) is 21.8 Å². The van der Waals surface area contributed by atoms with Gasteiger partial charge >= 0.3 is 0 Å². The number of benzene rings is 2. The van der Waals surface area contributed by atoms with Crippen LogP contribution >= 0.6 is 0 Å². The molecule has 0 aliphatic heterocycles. The first-order valence-electron chi connectivity index (χ1n) is 7.93. The number of rotatable bonds is 4. The van der Waals surface area contributed by atoms with Gasteiger partial charge in [0.2, 0.25) is 0 Å². The zero-order chi connectivity index (χ0) is 17.4. The number of ether oxygens (including phenoxy) is 2. The van der Waals surface area contributed by atoms with E-state index in [9.17, 15) is 0 Å². The molecule has 2 aromatic heterocycles. The van der Waals surface area contributed by atoms with E-state index in [-0.39, 0.29) is 0 Å². The molecule has 0 spiro atoms. The van der Waals surface area contributed by atoms with E-state index in [1.807, 2.05) is 43.3 Å². The van der Waals surface area contributed by atoms with Gasteiger partial charge in [-0.1, -0.05) is 18.2 Å². The average molecular weight is 334 g/mol. The monoisotopic (exact) mass is 334 g/mol. The van der Waals surface area contributed by atoms with Gasteiger partial charge in [0.1, 0.15) is 5.52 Å². The van der Waals surface area contributed by atoms with Gasteiger partial charge in [0.25, 0.3) is 0 Å². The van der Waals surface area contributed by atoms with E-state index < -0.39 is 0 Å². The predicted octanol–water partition coefficient (Wildman–Crippen LogP) is 4.18. The Bertz CT molecular complexity index is 1070. The van der Waals surface area contributed by atoms with Gasteiger partial charge in [-0.05, 0) is 25.1 Å². The minimum Gasteiger partial charge on any atom is -0.493 e. The summed E-state index contributed by atoms with van der Waals surface area (Å²) in [7, 11) is 3.23. The Balaban J connectivity index is 1.86. The number of methoxy groups -OCH3 is 2. The van der Waals surface area contributed by atoms with Gasteiger partial charge in [-0.15, -0.1) is 0 Å². The van der Waals surface area contributed by atoms with Gasteiger partial charge in [0.15, 0.2) is 17.3 Å². The highest BCUT2D eigenvalue weighted by Crippen LogP contribution is 2.34. The number of nitrogens with zero attached hydrogens (tertiary/aromatic N) is 2. The van der Waals surface area contributed by atoms with Crippen molar-refractivity contribution in [2.45, 2.75) is 6.92 Å². The minimum atomic E-state index is 0.655. The maximum atomic E-state index is 5.37. The van der Waals surface area contributed by atoms with Gasteiger partial charge in [0, 0.05) is 28.2 Å². The van der Waals surface area contributed by atoms with Crippen LogP contribution in [0.5, 0.6) is 11.5 Å². The van der Waals surface area contributed by atoms with E-state index >= 15 is 0 Å². The first kappa shape index (κ1) is 15.3. The topological polar surface area (TPSA) is 72.1 Å². The molecule has 0 amide bonds. The van der Waals surface area contributed by atoms with Crippen LogP contribution in [0, 0.1) is 6.92 Å². The largest absolute Gasteiger partial charge is 0.493 e. The molecular weight excluding hydrogens is 316 g/mol. The van der Waals surface area contributed by atoms with E-state index in [0.29, 0.717) is 17.3 Å². The second kappa shape index (κ2) is 5.98. The summed E-state index contributed by atoms with van der Waals surface area (Å²) in [5, 5.41) is 13.0. The van der Waals surface area contributed by atoms with Crippen LogP contribution in [0.1, 0.15) is 5.69 Å². The van der Waals surface area contributed by atoms with E-state index in [1.54, 1.807) is 14.2 Å². The Kier molecular flexibility index (Phi) is 3.65. The van der Waals surface area contributed by atoms with Crippen molar-refractivity contribution < 1.29 is 9.47 Å². The van der Waals surface area contributed by atoms with Crippen molar-refractivity contribution in [2.24, 2.45) is 0 Å². The summed E-state index contributed by atoms with van der Waals surface area (Å²) >= 11 is 0. The molecular formula is C19H18N4O2. The molecule has 0 saturated heterocycles. The minimum absolute atomic E-state index is 0.655. The molecule has 0 unspecified atom stereocenters. The van der Waals surface area contributed by atoms with Crippen LogP contribution in [-0.4, -0.2) is 29.4 Å². The second-order valence-corrected chi connectivity index (χ2v) is 5.74. The number of hydrogen-bond donors (Lipinski definition) is 2. The Morgan fingerprint density at radius 1 is 1.00 bits per heavy atom. The summed E-state index contributed by atoms with van der Waals surface area (Å²) < 4.78 is 10.7. The zero-order valence-electron chi connectivity index (χ0n) is 14.3. The summed E-state index contributed by atoms with van der Waals surface area (Å²) in [6, 6.07) is 13.7. The lowest BCUT2D eigenvalue weighted by Gasteiger charge is -2.12. The molecule has 6 heteroatoms. The van der Waals surface area contributed by atoms with Crippen molar-refractivity contribution in [1.29, 1.82) is 0 Å². The first-order chi connectivity index (χ1) is 12.2. The maximum absolute atomic E-state index is 5.37. The molecule has 0 aliphatic carbocycles. The molecule has 25 heavy (non-hydrogen) atoms. The number of aryl methyl sites for hydroxylation is 1. The van der Waals surface area contributed by atoms with Gasteiger partial charge < -0.3 is 14.8 Å². The fourth-order valence-electron chi connectivity index (χ4n) is 3.02. The number of aromatic amines is 1. The van der Waals surface area contributed by atoms with Crippen LogP contribution in [-0.2, 0) is 0 Å². The van der Waals surface area contributed by atoms with E-state index in [2.05, 4.69) is 21.6 Å². The van der Waals surface area contributed by atoms with Crippen LogP contribution in [0.3, 0.4) is 0 Å². The van der Waals surface area contributed by atoms with Gasteiger partial charge in [-0.25, -0.2) is 4.98 Å². The number of fused-ring (bicyclic) bond motifs is 3. The van der Waals surface area contributed by atoms with Crippen LogP contribution in [0.15, 0.2) is 42.5 Å². The normalized spacial score (nSPS) is 11.0. The molecule has 6 nitrogen and oxygen atoms in total. The second-order valence-electron chi connectivity index (χ2n) is 5.74. The number of anilines is 2. The highest BCUT2D eigenvalue weighted by atomic mass is 16.5. The van der Waals surface area contributed by atoms with E-state index in [0.717, 1.165) is 33.2 Å². The molecule has 4 rings (SSSR count). The Hall–Kier alpha value is -3.28. The summed E-state index contributed by atoms with van der Waals surface area (Å²) in [4.78, 5) is 4.74. The quantitative estimate of drug-likeness (QED) is 0.586. The van der Waals surface area contributed by atoms with E-state index in [4.69, 9.17) is 14.5 Å². The van der Waals surface area contributed by atoms with Crippen molar-refractivity contribution in [3.63, 3.8) is 0 Å². The fraction of sp³-hybridized carbons (Fsp3) is 0.158. The van der Waals surface area contributed by atoms with Crippen molar-refractivity contribution in [3.05, 3.63) is 48.2 Å². The van der Waals surface area contributed by atoms with Gasteiger partial charge in [-0.2, -0.15) is 5.10 Å². The van der Waals surface area contributed by atoms with E-state index in [1.165, 1.54) is 0 Å². The number of pyridine rings is 1. The van der Waals surface area contributed by atoms with Crippen LogP contribution in [0.2, 0.25) is 0 Å². The molecule has 2 heterocycles. The molecule has 2 N–H and O–H groups in total. The summed E-state index contributed by atoms with van der Waals surface area (Å²) in [5.41, 5.74) is 3.60. The van der Waals surface area contributed by atoms with Crippen molar-refractivity contribution in [3.8, 4) is 11.5 Å². The average Bonchev–Trinajstić information content (AvgIpc) is 3.04.